The highest BCUT2D eigenvalue weighted by atomic mass is 35.5. The molecule has 3 N–H and O–H groups in total. The van der Waals surface area contributed by atoms with Crippen molar-refractivity contribution in [1.29, 1.82) is 0 Å². The van der Waals surface area contributed by atoms with Crippen LogP contribution >= 0.6 is 22.9 Å². The number of piperidine rings is 1. The minimum absolute atomic E-state index is 0.302. The Kier molecular flexibility index (Phi) is 4.64. The lowest BCUT2D eigenvalue weighted by Gasteiger charge is -2.38. The smallest absolute Gasteiger partial charge is 0.159 e. The molecule has 2 aliphatic heterocycles. The highest BCUT2D eigenvalue weighted by molar-refractivity contribution is 7.19. The van der Waals surface area contributed by atoms with Crippen LogP contribution in [-0.4, -0.2) is 45.2 Å². The summed E-state index contributed by atoms with van der Waals surface area (Å²) in [5, 5.41) is 1.60. The van der Waals surface area contributed by atoms with Gasteiger partial charge < -0.3 is 20.4 Å². The first kappa shape index (κ1) is 19.4. The molecule has 3 atom stereocenters. The first-order valence-corrected chi connectivity index (χ1v) is 11.8. The monoisotopic (exact) mass is 454 g/mol. The minimum atomic E-state index is 0.302. The fourth-order valence-electron chi connectivity index (χ4n) is 5.21. The van der Waals surface area contributed by atoms with Gasteiger partial charge in [-0.2, -0.15) is 0 Å². The summed E-state index contributed by atoms with van der Waals surface area (Å²) in [6.45, 7) is 0.482. The quantitative estimate of drug-likeness (QED) is 0.471. The van der Waals surface area contributed by atoms with Crippen molar-refractivity contribution in [3.63, 3.8) is 0 Å². The lowest BCUT2D eigenvalue weighted by molar-refractivity contribution is 0.185. The van der Waals surface area contributed by atoms with Gasteiger partial charge in [0.1, 0.15) is 16.3 Å². The van der Waals surface area contributed by atoms with Crippen LogP contribution in [0.25, 0.3) is 32.5 Å². The van der Waals surface area contributed by atoms with Crippen LogP contribution < -0.4 is 10.6 Å². The molecule has 2 bridgehead atoms. The summed E-state index contributed by atoms with van der Waals surface area (Å²) < 4.78 is 6.18. The number of H-pyrrole nitrogens is 1. The Labute approximate surface area is 188 Å². The van der Waals surface area contributed by atoms with E-state index in [1.165, 1.54) is 12.8 Å². The number of methoxy groups -OCH3 is 1. The van der Waals surface area contributed by atoms with Gasteiger partial charge in [-0.05, 0) is 31.7 Å². The number of halogens is 1. The molecular formula is C22H23ClN6OS. The van der Waals surface area contributed by atoms with Crippen LogP contribution in [0.5, 0.6) is 0 Å². The molecule has 6 rings (SSSR count). The Balaban J connectivity index is 1.39. The van der Waals surface area contributed by atoms with Crippen LogP contribution in [0.15, 0.2) is 24.5 Å². The van der Waals surface area contributed by atoms with Crippen LogP contribution in [0.2, 0.25) is 5.02 Å². The zero-order chi connectivity index (χ0) is 21.1. The van der Waals surface area contributed by atoms with Crippen LogP contribution in [0.4, 0.5) is 5.82 Å². The second kappa shape index (κ2) is 7.41. The number of hydrogen-bond acceptors (Lipinski definition) is 7. The lowest BCUT2D eigenvalue weighted by Crippen LogP contribution is -2.47. The second-order valence-electron chi connectivity index (χ2n) is 8.47. The van der Waals surface area contributed by atoms with Crippen LogP contribution in [0.1, 0.15) is 30.7 Å². The summed E-state index contributed by atoms with van der Waals surface area (Å²) in [6.07, 6.45) is 8.27. The van der Waals surface area contributed by atoms with Gasteiger partial charge in [0.2, 0.25) is 0 Å². The van der Waals surface area contributed by atoms with Crippen molar-refractivity contribution in [3.05, 3.63) is 34.6 Å². The van der Waals surface area contributed by atoms with Gasteiger partial charge in [-0.25, -0.2) is 15.0 Å². The SMILES string of the molecule is COCc1nc2ccc(-c3c[nH]c4nc(N5[C@@H]6CC[C@H]5CC(N)C6)cnc34)c(Cl)c2s1. The molecule has 31 heavy (non-hydrogen) atoms. The predicted molar refractivity (Wildman–Crippen MR) is 125 cm³/mol. The van der Waals surface area contributed by atoms with E-state index in [0.29, 0.717) is 29.8 Å². The number of rotatable bonds is 4. The third-order valence-corrected chi connectivity index (χ3v) is 8.07. The Morgan fingerprint density at radius 2 is 2.03 bits per heavy atom. The molecule has 1 unspecified atom stereocenters. The van der Waals surface area contributed by atoms with E-state index < -0.39 is 0 Å². The Morgan fingerprint density at radius 1 is 1.23 bits per heavy atom. The summed E-state index contributed by atoms with van der Waals surface area (Å²) in [5.74, 6) is 0.938. The van der Waals surface area contributed by atoms with Crippen molar-refractivity contribution in [2.75, 3.05) is 12.0 Å². The van der Waals surface area contributed by atoms with Gasteiger partial charge in [-0.15, -0.1) is 11.3 Å². The van der Waals surface area contributed by atoms with Crippen molar-refractivity contribution >= 4 is 50.1 Å². The van der Waals surface area contributed by atoms with Crippen molar-refractivity contribution in [3.8, 4) is 11.1 Å². The molecule has 2 saturated heterocycles. The van der Waals surface area contributed by atoms with E-state index in [0.717, 1.165) is 56.2 Å². The minimum Gasteiger partial charge on any atom is -0.378 e. The molecule has 160 valence electrons. The Hall–Kier alpha value is -2.26. The van der Waals surface area contributed by atoms with Crippen molar-refractivity contribution in [1.82, 2.24) is 19.9 Å². The van der Waals surface area contributed by atoms with E-state index in [1.54, 1.807) is 18.4 Å². The number of aromatic nitrogens is 4. The van der Waals surface area contributed by atoms with Crippen LogP contribution in [-0.2, 0) is 11.3 Å². The number of anilines is 1. The second-order valence-corrected chi connectivity index (χ2v) is 9.93. The number of nitrogens with zero attached hydrogens (tertiary/aromatic N) is 4. The van der Waals surface area contributed by atoms with Gasteiger partial charge in [0.15, 0.2) is 5.65 Å². The van der Waals surface area contributed by atoms with Crippen LogP contribution in [0.3, 0.4) is 0 Å². The molecule has 0 radical (unpaired) electrons. The summed E-state index contributed by atoms with van der Waals surface area (Å²) in [5.41, 5.74) is 10.6. The van der Waals surface area contributed by atoms with Gasteiger partial charge >= 0.3 is 0 Å². The molecular weight excluding hydrogens is 432 g/mol. The van der Waals surface area contributed by atoms with Crippen molar-refractivity contribution in [2.45, 2.75) is 50.4 Å². The molecule has 9 heteroatoms. The summed E-state index contributed by atoms with van der Waals surface area (Å²) in [4.78, 5) is 20.1. The number of thiazole rings is 1. The molecule has 0 amide bonds. The van der Waals surface area contributed by atoms with E-state index in [2.05, 4.69) is 14.9 Å². The molecule has 1 aromatic carbocycles. The van der Waals surface area contributed by atoms with E-state index in [4.69, 9.17) is 32.0 Å². The number of aromatic amines is 1. The summed E-state index contributed by atoms with van der Waals surface area (Å²) in [7, 11) is 1.67. The fourth-order valence-corrected chi connectivity index (χ4v) is 6.56. The first-order valence-electron chi connectivity index (χ1n) is 10.6. The number of hydrogen-bond donors (Lipinski definition) is 2. The number of nitrogens with one attached hydrogen (secondary N) is 1. The average Bonchev–Trinajstić information content (AvgIpc) is 3.43. The van der Waals surface area contributed by atoms with Gasteiger partial charge in [0.05, 0.1) is 28.0 Å². The maximum Gasteiger partial charge on any atom is 0.159 e. The van der Waals surface area contributed by atoms with E-state index in [1.807, 2.05) is 24.5 Å². The topological polar surface area (TPSA) is 93.0 Å². The Morgan fingerprint density at radius 3 is 2.81 bits per heavy atom. The molecule has 0 aliphatic carbocycles. The number of nitrogens with two attached hydrogens (primary N) is 1. The molecule has 3 aromatic heterocycles. The van der Waals surface area contributed by atoms with Gasteiger partial charge in [0.25, 0.3) is 0 Å². The standard InChI is InChI=1S/C22H23ClN6OS/c1-30-10-18-27-16-5-4-14(19(23)21(16)31-18)15-8-26-22-20(15)25-9-17(28-22)29-12-2-3-13(29)7-11(24)6-12/h4-5,8-9,11-13H,2-3,6-7,10,24H2,1H3,(H,26,28)/t11?,12-,13+. The molecule has 5 heterocycles. The van der Waals surface area contributed by atoms with E-state index in [-0.39, 0.29) is 0 Å². The molecule has 2 fully saturated rings. The van der Waals surface area contributed by atoms with Crippen molar-refractivity contribution < 1.29 is 4.74 Å². The third-order valence-electron chi connectivity index (χ3n) is 6.50. The molecule has 4 aromatic rings. The van der Waals surface area contributed by atoms with Gasteiger partial charge in [0, 0.05) is 42.6 Å². The highest BCUT2D eigenvalue weighted by Crippen LogP contribution is 2.41. The zero-order valence-corrected chi connectivity index (χ0v) is 18.7. The molecule has 2 aliphatic rings. The van der Waals surface area contributed by atoms with E-state index in [9.17, 15) is 0 Å². The highest BCUT2D eigenvalue weighted by Gasteiger charge is 2.40. The summed E-state index contributed by atoms with van der Waals surface area (Å²) >= 11 is 8.37. The normalized spacial score (nSPS) is 23.3. The van der Waals surface area contributed by atoms with E-state index >= 15 is 0 Å². The lowest BCUT2D eigenvalue weighted by atomic mass is 9.98. The maximum atomic E-state index is 6.81. The maximum absolute atomic E-state index is 6.81. The third kappa shape index (κ3) is 3.12. The van der Waals surface area contributed by atoms with Crippen LogP contribution in [0, 0.1) is 0 Å². The zero-order valence-electron chi connectivity index (χ0n) is 17.1. The molecule has 7 nitrogen and oxygen atoms in total. The van der Waals surface area contributed by atoms with Gasteiger partial charge in [-0.1, -0.05) is 17.7 Å². The van der Waals surface area contributed by atoms with Crippen molar-refractivity contribution in [2.24, 2.45) is 5.73 Å². The average molecular weight is 455 g/mol. The largest absolute Gasteiger partial charge is 0.378 e. The molecule has 0 saturated carbocycles. The molecule has 0 spiro atoms. The number of fused-ring (bicyclic) bond motifs is 4. The summed E-state index contributed by atoms with van der Waals surface area (Å²) in [6, 6.07) is 5.25. The first-order chi connectivity index (χ1) is 15.1. The van der Waals surface area contributed by atoms with Gasteiger partial charge in [-0.3, -0.25) is 0 Å². The Bertz CT molecular complexity index is 1270. The fraction of sp³-hybridized carbons (Fsp3) is 0.409. The predicted octanol–water partition coefficient (Wildman–Crippen LogP) is 4.49. The number of ether oxygens (including phenoxy) is 1. The number of benzene rings is 1.